The summed E-state index contributed by atoms with van der Waals surface area (Å²) in [6.45, 7) is 4.17. The Morgan fingerprint density at radius 2 is 1.75 bits per heavy atom. The first-order chi connectivity index (χ1) is 11.8. The summed E-state index contributed by atoms with van der Waals surface area (Å²) < 4.78 is 16.2. The van der Waals surface area contributed by atoms with E-state index in [2.05, 4.69) is 12.2 Å². The third kappa shape index (κ3) is 10.1. The van der Waals surface area contributed by atoms with Gasteiger partial charge in [0.05, 0.1) is 6.61 Å². The number of benzene rings is 1. The number of unbranched alkanes of at least 4 members (excludes halogenated alkanes) is 4. The zero-order valence-electron chi connectivity index (χ0n) is 15.0. The molecular formula is C19H31NO4. The molecule has 0 atom stereocenters. The third-order valence-corrected chi connectivity index (χ3v) is 3.54. The van der Waals surface area contributed by atoms with Gasteiger partial charge in [-0.25, -0.2) is 0 Å². The van der Waals surface area contributed by atoms with Crippen LogP contribution < -0.4 is 14.8 Å². The molecule has 1 N–H and O–H groups in total. The van der Waals surface area contributed by atoms with Crippen LogP contribution in [0, 0.1) is 0 Å². The fourth-order valence-corrected chi connectivity index (χ4v) is 2.19. The number of rotatable bonds is 14. The van der Waals surface area contributed by atoms with Crippen LogP contribution in [-0.4, -0.2) is 39.4 Å². The molecule has 0 bridgehead atoms. The molecule has 136 valence electrons. The lowest BCUT2D eigenvalue weighted by atomic mass is 10.2. The van der Waals surface area contributed by atoms with E-state index < -0.39 is 0 Å². The summed E-state index contributed by atoms with van der Waals surface area (Å²) in [5.74, 6) is 1.29. The molecule has 0 heterocycles. The van der Waals surface area contributed by atoms with E-state index >= 15 is 0 Å². The largest absolute Gasteiger partial charge is 0.493 e. The van der Waals surface area contributed by atoms with E-state index in [1.807, 2.05) is 24.3 Å². The van der Waals surface area contributed by atoms with E-state index in [0.29, 0.717) is 25.5 Å². The number of ether oxygens (including phenoxy) is 3. The van der Waals surface area contributed by atoms with Gasteiger partial charge in [0.2, 0.25) is 0 Å². The van der Waals surface area contributed by atoms with Crippen LogP contribution in [0.5, 0.6) is 11.5 Å². The van der Waals surface area contributed by atoms with Crippen molar-refractivity contribution in [2.45, 2.75) is 45.4 Å². The molecule has 0 unspecified atom stereocenters. The van der Waals surface area contributed by atoms with Gasteiger partial charge < -0.3 is 19.5 Å². The van der Waals surface area contributed by atoms with E-state index in [1.54, 1.807) is 7.11 Å². The summed E-state index contributed by atoms with van der Waals surface area (Å²) >= 11 is 0. The molecule has 0 radical (unpaired) electrons. The molecule has 0 aliphatic heterocycles. The van der Waals surface area contributed by atoms with Crippen LogP contribution in [0.15, 0.2) is 24.3 Å². The van der Waals surface area contributed by atoms with Crippen LogP contribution in [-0.2, 0) is 9.53 Å². The number of methoxy groups -OCH3 is 1. The van der Waals surface area contributed by atoms with Crippen molar-refractivity contribution in [1.29, 1.82) is 0 Å². The number of nitrogens with one attached hydrogen (secondary N) is 1. The summed E-state index contributed by atoms with van der Waals surface area (Å²) in [4.78, 5) is 11.7. The number of amides is 1. The maximum Gasteiger partial charge on any atom is 0.257 e. The fraction of sp³-hybridized carbons (Fsp3) is 0.632. The Morgan fingerprint density at radius 3 is 2.50 bits per heavy atom. The zero-order valence-corrected chi connectivity index (χ0v) is 15.0. The van der Waals surface area contributed by atoms with Crippen LogP contribution in [0.4, 0.5) is 0 Å². The maximum atomic E-state index is 11.7. The molecule has 1 aromatic carbocycles. The summed E-state index contributed by atoms with van der Waals surface area (Å²) in [5, 5.41) is 2.79. The van der Waals surface area contributed by atoms with Crippen LogP contribution in [0.25, 0.3) is 0 Å². The van der Waals surface area contributed by atoms with E-state index in [-0.39, 0.29) is 12.5 Å². The van der Waals surface area contributed by atoms with Gasteiger partial charge in [-0.15, -0.1) is 0 Å². The van der Waals surface area contributed by atoms with E-state index in [1.165, 1.54) is 25.7 Å². The van der Waals surface area contributed by atoms with Gasteiger partial charge in [-0.3, -0.25) is 4.79 Å². The second-order valence-corrected chi connectivity index (χ2v) is 5.72. The van der Waals surface area contributed by atoms with Crippen molar-refractivity contribution in [1.82, 2.24) is 5.32 Å². The molecule has 5 nitrogen and oxygen atoms in total. The Kier molecular flexibility index (Phi) is 11.6. The molecule has 1 amide bonds. The van der Waals surface area contributed by atoms with Crippen LogP contribution in [0.1, 0.15) is 45.4 Å². The van der Waals surface area contributed by atoms with Gasteiger partial charge in [0.1, 0.15) is 11.5 Å². The topological polar surface area (TPSA) is 56.8 Å². The predicted octanol–water partition coefficient (Wildman–Crippen LogP) is 3.57. The van der Waals surface area contributed by atoms with Crippen molar-refractivity contribution < 1.29 is 19.0 Å². The minimum Gasteiger partial charge on any atom is -0.493 e. The average Bonchev–Trinajstić information content (AvgIpc) is 2.60. The van der Waals surface area contributed by atoms with Gasteiger partial charge in [-0.1, -0.05) is 38.7 Å². The quantitative estimate of drug-likeness (QED) is 0.527. The van der Waals surface area contributed by atoms with Crippen LogP contribution in [0.2, 0.25) is 0 Å². The van der Waals surface area contributed by atoms with E-state index in [4.69, 9.17) is 14.2 Å². The molecule has 1 rings (SSSR count). The van der Waals surface area contributed by atoms with Crippen molar-refractivity contribution in [2.75, 3.05) is 33.5 Å². The van der Waals surface area contributed by atoms with Gasteiger partial charge in [0.25, 0.3) is 5.91 Å². The van der Waals surface area contributed by atoms with Gasteiger partial charge >= 0.3 is 0 Å². The Bertz CT molecular complexity index is 451. The molecular weight excluding hydrogens is 306 g/mol. The molecule has 0 saturated heterocycles. The summed E-state index contributed by atoms with van der Waals surface area (Å²) in [5.41, 5.74) is 0. The highest BCUT2D eigenvalue weighted by molar-refractivity contribution is 5.77. The third-order valence-electron chi connectivity index (χ3n) is 3.54. The smallest absolute Gasteiger partial charge is 0.257 e. The van der Waals surface area contributed by atoms with Crippen molar-refractivity contribution in [3.63, 3.8) is 0 Å². The molecule has 0 aliphatic rings. The molecule has 0 saturated carbocycles. The number of hydrogen-bond donors (Lipinski definition) is 1. The lowest BCUT2D eigenvalue weighted by molar-refractivity contribution is -0.123. The molecule has 1 aromatic rings. The Hall–Kier alpha value is -1.75. The summed E-state index contributed by atoms with van der Waals surface area (Å²) in [7, 11) is 1.64. The molecule has 0 fully saturated rings. The lowest BCUT2D eigenvalue weighted by Gasteiger charge is -2.10. The van der Waals surface area contributed by atoms with Crippen molar-refractivity contribution in [2.24, 2.45) is 0 Å². The Labute approximate surface area is 145 Å². The van der Waals surface area contributed by atoms with Gasteiger partial charge in [-0.2, -0.15) is 0 Å². The SMILES string of the molecule is CCCCCCCOc1cccc(OCC(=O)NCCCOC)c1. The van der Waals surface area contributed by atoms with Gasteiger partial charge in [0, 0.05) is 26.3 Å². The maximum absolute atomic E-state index is 11.7. The van der Waals surface area contributed by atoms with Gasteiger partial charge in [-0.05, 0) is 25.0 Å². The van der Waals surface area contributed by atoms with Crippen molar-refractivity contribution >= 4 is 5.91 Å². The molecule has 0 aromatic heterocycles. The predicted molar refractivity (Wildman–Crippen MR) is 95.7 cm³/mol. The normalized spacial score (nSPS) is 10.4. The first-order valence-electron chi connectivity index (χ1n) is 8.87. The molecule has 0 spiro atoms. The Balaban J connectivity index is 2.21. The zero-order chi connectivity index (χ0) is 17.5. The molecule has 0 aliphatic carbocycles. The van der Waals surface area contributed by atoms with E-state index in [0.717, 1.165) is 18.6 Å². The highest BCUT2D eigenvalue weighted by atomic mass is 16.5. The number of carbonyl (C=O) groups is 1. The second-order valence-electron chi connectivity index (χ2n) is 5.72. The summed E-state index contributed by atoms with van der Waals surface area (Å²) in [6, 6.07) is 7.43. The van der Waals surface area contributed by atoms with Crippen molar-refractivity contribution in [3.05, 3.63) is 24.3 Å². The van der Waals surface area contributed by atoms with Crippen molar-refractivity contribution in [3.8, 4) is 11.5 Å². The first kappa shape index (κ1) is 20.3. The minimum atomic E-state index is -0.131. The Morgan fingerprint density at radius 1 is 1.00 bits per heavy atom. The highest BCUT2D eigenvalue weighted by Gasteiger charge is 2.03. The minimum absolute atomic E-state index is 0.00739. The standard InChI is InChI=1S/C19H31NO4/c1-3-4-5-6-7-14-23-17-10-8-11-18(15-17)24-16-19(21)20-12-9-13-22-2/h8,10-11,15H,3-7,9,12-14,16H2,1-2H3,(H,20,21). The average molecular weight is 337 g/mol. The number of hydrogen-bond acceptors (Lipinski definition) is 4. The van der Waals surface area contributed by atoms with Crippen LogP contribution in [0.3, 0.4) is 0 Å². The van der Waals surface area contributed by atoms with Gasteiger partial charge in [0.15, 0.2) is 6.61 Å². The summed E-state index contributed by atoms with van der Waals surface area (Å²) in [6.07, 6.45) is 6.87. The second kappa shape index (κ2) is 13.7. The lowest BCUT2D eigenvalue weighted by Crippen LogP contribution is -2.30. The first-order valence-corrected chi connectivity index (χ1v) is 8.87. The van der Waals surface area contributed by atoms with Crippen LogP contribution >= 0.6 is 0 Å². The van der Waals surface area contributed by atoms with E-state index in [9.17, 15) is 4.79 Å². The molecule has 5 heteroatoms. The monoisotopic (exact) mass is 337 g/mol. The highest BCUT2D eigenvalue weighted by Crippen LogP contribution is 2.19. The fourth-order valence-electron chi connectivity index (χ4n) is 2.19. The molecule has 24 heavy (non-hydrogen) atoms. The number of carbonyl (C=O) groups excluding carboxylic acids is 1.